The molecule has 1 N–H and O–H groups in total. The molecule has 0 amide bonds. The number of rotatable bonds is 6. The highest BCUT2D eigenvalue weighted by molar-refractivity contribution is 5.85. The molecule has 116 valence electrons. The molecule has 0 saturated carbocycles. The number of carbonyl (C=O) groups is 1. The van der Waals surface area contributed by atoms with Gasteiger partial charge in [0.1, 0.15) is 0 Å². The van der Waals surface area contributed by atoms with Gasteiger partial charge in [0.05, 0.1) is 11.2 Å². The minimum absolute atomic E-state index is 0.231. The Bertz CT molecular complexity index is 812. The summed E-state index contributed by atoms with van der Waals surface area (Å²) in [5.41, 5.74) is 4.30. The predicted octanol–water partition coefficient (Wildman–Crippen LogP) is 4.70. The highest BCUT2D eigenvalue weighted by Gasteiger charge is 2.07. The van der Waals surface area contributed by atoms with Crippen LogP contribution >= 0.6 is 0 Å². The highest BCUT2D eigenvalue weighted by Crippen LogP contribution is 2.25. The maximum Gasteiger partial charge on any atom is 0.303 e. The maximum absolute atomic E-state index is 10.7. The first-order chi connectivity index (χ1) is 11.2. The Balaban J connectivity index is 1.93. The Labute approximate surface area is 135 Å². The number of hydrogen-bond acceptors (Lipinski definition) is 2. The molecular formula is C20H19NO2. The minimum Gasteiger partial charge on any atom is -0.481 e. The number of aromatic nitrogens is 1. The summed E-state index contributed by atoms with van der Waals surface area (Å²) in [6.45, 7) is 0. The fourth-order valence-corrected chi connectivity index (χ4v) is 2.80. The number of nitrogens with zero attached hydrogens (tertiary/aromatic N) is 1. The smallest absolute Gasteiger partial charge is 0.303 e. The number of aryl methyl sites for hydroxylation is 1. The Kier molecular flexibility index (Phi) is 4.67. The van der Waals surface area contributed by atoms with E-state index in [1.54, 1.807) is 0 Å². The molecule has 0 unspecified atom stereocenters. The van der Waals surface area contributed by atoms with E-state index in [-0.39, 0.29) is 6.42 Å². The van der Waals surface area contributed by atoms with Gasteiger partial charge in [0, 0.05) is 17.4 Å². The van der Waals surface area contributed by atoms with Crippen molar-refractivity contribution >= 4 is 16.9 Å². The van der Waals surface area contributed by atoms with Crippen molar-refractivity contribution in [2.45, 2.75) is 25.7 Å². The molecule has 0 aliphatic rings. The van der Waals surface area contributed by atoms with Crippen LogP contribution in [0, 0.1) is 0 Å². The number of carboxylic acid groups (broad SMARTS) is 1. The van der Waals surface area contributed by atoms with Gasteiger partial charge in [-0.3, -0.25) is 4.79 Å². The van der Waals surface area contributed by atoms with Crippen molar-refractivity contribution in [3.05, 3.63) is 66.2 Å². The summed E-state index contributed by atoms with van der Waals surface area (Å²) < 4.78 is 0. The van der Waals surface area contributed by atoms with E-state index in [1.165, 1.54) is 5.56 Å². The summed E-state index contributed by atoms with van der Waals surface area (Å²) in [6, 6.07) is 20.4. The lowest BCUT2D eigenvalue weighted by molar-refractivity contribution is -0.137. The lowest BCUT2D eigenvalue weighted by Gasteiger charge is -2.10. The Hall–Kier alpha value is -2.68. The third-order valence-electron chi connectivity index (χ3n) is 3.96. The summed E-state index contributed by atoms with van der Waals surface area (Å²) in [6.07, 6.45) is 2.67. The van der Waals surface area contributed by atoms with Gasteiger partial charge in [-0.2, -0.15) is 0 Å². The summed E-state index contributed by atoms with van der Waals surface area (Å²) in [5.74, 6) is -0.727. The first kappa shape index (κ1) is 15.2. The molecule has 0 aliphatic carbocycles. The van der Waals surface area contributed by atoms with Crippen LogP contribution in [0.15, 0.2) is 60.7 Å². The number of pyridine rings is 1. The van der Waals surface area contributed by atoms with E-state index in [0.29, 0.717) is 6.42 Å². The van der Waals surface area contributed by atoms with Crippen LogP contribution in [0.3, 0.4) is 0 Å². The van der Waals surface area contributed by atoms with Gasteiger partial charge in [-0.15, -0.1) is 0 Å². The van der Waals surface area contributed by atoms with Gasteiger partial charge < -0.3 is 5.11 Å². The lowest BCUT2D eigenvalue weighted by Crippen LogP contribution is -1.96. The van der Waals surface area contributed by atoms with Crippen molar-refractivity contribution in [2.24, 2.45) is 0 Å². The Morgan fingerprint density at radius 2 is 1.70 bits per heavy atom. The van der Waals surface area contributed by atoms with E-state index < -0.39 is 5.97 Å². The van der Waals surface area contributed by atoms with E-state index >= 15 is 0 Å². The number of fused-ring (bicyclic) bond motifs is 1. The quantitative estimate of drug-likeness (QED) is 0.672. The van der Waals surface area contributed by atoms with Gasteiger partial charge in [0.25, 0.3) is 0 Å². The maximum atomic E-state index is 10.7. The SMILES string of the molecule is O=C(O)CCCCc1cc(-c2ccccc2)nc2ccccc12. The molecule has 0 atom stereocenters. The van der Waals surface area contributed by atoms with E-state index in [4.69, 9.17) is 10.1 Å². The summed E-state index contributed by atoms with van der Waals surface area (Å²) in [5, 5.41) is 9.92. The van der Waals surface area contributed by atoms with Crippen molar-refractivity contribution in [3.63, 3.8) is 0 Å². The fraction of sp³-hybridized carbons (Fsp3) is 0.200. The van der Waals surface area contributed by atoms with Crippen LogP contribution < -0.4 is 0 Å². The largest absolute Gasteiger partial charge is 0.481 e. The first-order valence-corrected chi connectivity index (χ1v) is 7.90. The second kappa shape index (κ2) is 7.05. The normalized spacial score (nSPS) is 10.8. The van der Waals surface area contributed by atoms with Crippen LogP contribution in [0.5, 0.6) is 0 Å². The summed E-state index contributed by atoms with van der Waals surface area (Å²) in [4.78, 5) is 15.4. The number of benzene rings is 2. The minimum atomic E-state index is -0.727. The number of unbranched alkanes of at least 4 members (excludes halogenated alkanes) is 1. The van der Waals surface area contributed by atoms with E-state index in [2.05, 4.69) is 24.3 Å². The van der Waals surface area contributed by atoms with Crippen LogP contribution in [0.1, 0.15) is 24.8 Å². The molecule has 1 heterocycles. The number of para-hydroxylation sites is 1. The molecule has 23 heavy (non-hydrogen) atoms. The third kappa shape index (κ3) is 3.75. The van der Waals surface area contributed by atoms with Crippen LogP contribution in [-0.4, -0.2) is 16.1 Å². The molecule has 0 radical (unpaired) electrons. The Morgan fingerprint density at radius 3 is 2.48 bits per heavy atom. The molecule has 0 fully saturated rings. The van der Waals surface area contributed by atoms with E-state index in [9.17, 15) is 4.79 Å². The lowest BCUT2D eigenvalue weighted by atomic mass is 9.99. The standard InChI is InChI=1S/C20H19NO2/c22-20(23)13-7-4-10-16-14-19(15-8-2-1-3-9-15)21-18-12-6-5-11-17(16)18/h1-3,5-6,8-9,11-12,14H,4,7,10,13H2,(H,22,23). The first-order valence-electron chi connectivity index (χ1n) is 7.90. The highest BCUT2D eigenvalue weighted by atomic mass is 16.4. The zero-order chi connectivity index (χ0) is 16.1. The topological polar surface area (TPSA) is 50.2 Å². The third-order valence-corrected chi connectivity index (χ3v) is 3.96. The molecule has 3 heteroatoms. The van der Waals surface area contributed by atoms with Gasteiger partial charge >= 0.3 is 5.97 Å². The Morgan fingerprint density at radius 1 is 0.957 bits per heavy atom. The number of hydrogen-bond donors (Lipinski definition) is 1. The van der Waals surface area contributed by atoms with Crippen molar-refractivity contribution < 1.29 is 9.90 Å². The van der Waals surface area contributed by atoms with Crippen LogP contribution in [0.2, 0.25) is 0 Å². The van der Waals surface area contributed by atoms with Crippen LogP contribution in [-0.2, 0) is 11.2 Å². The summed E-state index contributed by atoms with van der Waals surface area (Å²) in [7, 11) is 0. The van der Waals surface area contributed by atoms with Crippen LogP contribution in [0.4, 0.5) is 0 Å². The number of aliphatic carboxylic acids is 1. The second-order valence-electron chi connectivity index (χ2n) is 5.65. The summed E-state index contributed by atoms with van der Waals surface area (Å²) >= 11 is 0. The predicted molar refractivity (Wildman–Crippen MR) is 92.4 cm³/mol. The zero-order valence-corrected chi connectivity index (χ0v) is 12.9. The average Bonchev–Trinajstić information content (AvgIpc) is 2.59. The molecule has 2 aromatic carbocycles. The molecular weight excluding hydrogens is 286 g/mol. The molecule has 0 spiro atoms. The zero-order valence-electron chi connectivity index (χ0n) is 12.9. The van der Waals surface area contributed by atoms with Gasteiger partial charge in [-0.25, -0.2) is 4.98 Å². The van der Waals surface area contributed by atoms with Crippen molar-refractivity contribution in [3.8, 4) is 11.3 Å². The fourth-order valence-electron chi connectivity index (χ4n) is 2.80. The molecule has 0 bridgehead atoms. The average molecular weight is 305 g/mol. The van der Waals surface area contributed by atoms with Crippen molar-refractivity contribution in [2.75, 3.05) is 0 Å². The molecule has 0 aliphatic heterocycles. The van der Waals surface area contributed by atoms with Crippen molar-refractivity contribution in [1.82, 2.24) is 4.98 Å². The molecule has 3 aromatic rings. The molecule has 0 saturated heterocycles. The number of carboxylic acids is 1. The monoisotopic (exact) mass is 305 g/mol. The van der Waals surface area contributed by atoms with Gasteiger partial charge in [-0.1, -0.05) is 48.5 Å². The van der Waals surface area contributed by atoms with E-state index in [0.717, 1.165) is 35.0 Å². The van der Waals surface area contributed by atoms with Crippen molar-refractivity contribution in [1.29, 1.82) is 0 Å². The van der Waals surface area contributed by atoms with E-state index in [1.807, 2.05) is 36.4 Å². The van der Waals surface area contributed by atoms with Crippen LogP contribution in [0.25, 0.3) is 22.2 Å². The van der Waals surface area contributed by atoms with Gasteiger partial charge in [-0.05, 0) is 37.0 Å². The van der Waals surface area contributed by atoms with Gasteiger partial charge in [0.2, 0.25) is 0 Å². The molecule has 3 nitrogen and oxygen atoms in total. The van der Waals surface area contributed by atoms with Gasteiger partial charge in [0.15, 0.2) is 0 Å². The molecule has 3 rings (SSSR count). The second-order valence-corrected chi connectivity index (χ2v) is 5.65. The molecule has 1 aromatic heterocycles.